The van der Waals surface area contributed by atoms with Crippen LogP contribution >= 0.6 is 0 Å². The third-order valence-electron chi connectivity index (χ3n) is 1.27. The van der Waals surface area contributed by atoms with Gasteiger partial charge in [0.15, 0.2) is 10.2 Å². The van der Waals surface area contributed by atoms with Crippen LogP contribution in [0.5, 0.6) is 0 Å². The summed E-state index contributed by atoms with van der Waals surface area (Å²) in [6, 6.07) is 9.16. The van der Waals surface area contributed by atoms with Crippen LogP contribution in [0, 0.1) is 4.78 Å². The van der Waals surface area contributed by atoms with Crippen LogP contribution < -0.4 is 0 Å². The van der Waals surface area contributed by atoms with Gasteiger partial charge >= 0.3 is 0 Å². The second-order valence-corrected chi connectivity index (χ2v) is 3.59. The number of hydrogen-bond acceptors (Lipinski definition) is 2. The topological polar surface area (TPSA) is 76.7 Å². The zero-order valence-corrected chi connectivity index (χ0v) is 7.16. The monoisotopic (exact) mass is 186 g/mol. The average Bonchev–Trinajstić information content (AvgIpc) is 2.02. The second-order valence-electron chi connectivity index (χ2n) is 2.29. The molecule has 0 aliphatic heterocycles. The summed E-state index contributed by atoms with van der Waals surface area (Å²) in [5.41, 5.74) is 0.865. The Morgan fingerprint density at radius 2 is 1.83 bits per heavy atom. The molecule has 1 rings (SSSR count). The standard InChI is InChI=1S/C7H10N2O2S/c8-12(10,11)9-6-7-4-2-1-3-5-7/h1-5H,6H2,(H3,8,9,10,11). The van der Waals surface area contributed by atoms with E-state index >= 15 is 0 Å². The third-order valence-corrected chi connectivity index (χ3v) is 1.76. The average molecular weight is 186 g/mol. The first-order valence-electron chi connectivity index (χ1n) is 3.33. The minimum Gasteiger partial charge on any atom is -0.295 e. The van der Waals surface area contributed by atoms with E-state index in [9.17, 15) is 0 Å². The molecule has 0 unspecified atom stereocenters. The highest BCUT2D eigenvalue weighted by Gasteiger charge is 1.90. The molecular formula is C7H10N2O2S. The molecule has 0 saturated heterocycles. The van der Waals surface area contributed by atoms with Gasteiger partial charge in [-0.15, -0.1) is 0 Å². The van der Waals surface area contributed by atoms with Gasteiger partial charge in [-0.1, -0.05) is 30.3 Å². The van der Waals surface area contributed by atoms with Crippen molar-refractivity contribution in [2.75, 3.05) is 0 Å². The van der Waals surface area contributed by atoms with Gasteiger partial charge in [-0.2, -0.15) is 0 Å². The molecule has 1 aromatic rings. The van der Waals surface area contributed by atoms with Crippen LogP contribution in [0.3, 0.4) is 0 Å². The largest absolute Gasteiger partial charge is 0.295 e. The number of hydrogen-bond donors (Lipinski definition) is 3. The molecule has 0 aliphatic carbocycles. The molecule has 0 spiro atoms. The normalized spacial score (nSPS) is 11.2. The lowest BCUT2D eigenvalue weighted by Crippen LogP contribution is -1.92. The van der Waals surface area contributed by atoms with E-state index in [0.717, 1.165) is 5.56 Å². The lowest BCUT2D eigenvalue weighted by atomic mass is 10.2. The molecule has 4 nitrogen and oxygen atoms in total. The minimum atomic E-state index is -3.45. The highest BCUT2D eigenvalue weighted by molar-refractivity contribution is 7.83. The van der Waals surface area contributed by atoms with Crippen LogP contribution in [0.15, 0.2) is 34.7 Å². The lowest BCUT2D eigenvalue weighted by Gasteiger charge is -1.97. The summed E-state index contributed by atoms with van der Waals surface area (Å²) in [6.45, 7) is 0.173. The maximum Gasteiger partial charge on any atom is 0.174 e. The first-order valence-corrected chi connectivity index (χ1v) is 4.84. The summed E-state index contributed by atoms with van der Waals surface area (Å²) in [5, 5.41) is 0. The van der Waals surface area contributed by atoms with Gasteiger partial charge < -0.3 is 0 Å². The number of benzene rings is 1. The molecule has 0 atom stereocenters. The van der Waals surface area contributed by atoms with Crippen molar-refractivity contribution in [3.05, 3.63) is 35.9 Å². The molecule has 1 aromatic carbocycles. The molecule has 0 amide bonds. The molecule has 5 heteroatoms. The Morgan fingerprint density at radius 3 is 2.33 bits per heavy atom. The summed E-state index contributed by atoms with van der Waals surface area (Å²) >= 11 is 0. The predicted octanol–water partition coefficient (Wildman–Crippen LogP) is 2.23. The van der Waals surface area contributed by atoms with Crippen molar-refractivity contribution in [1.82, 2.24) is 0 Å². The fourth-order valence-electron chi connectivity index (χ4n) is 0.748. The first-order chi connectivity index (χ1) is 5.58. The maximum absolute atomic E-state index is 8.62. The van der Waals surface area contributed by atoms with Crippen LogP contribution in [0.2, 0.25) is 0 Å². The summed E-state index contributed by atoms with van der Waals surface area (Å²) in [7, 11) is -3.45. The van der Waals surface area contributed by atoms with Gasteiger partial charge in [-0.05, 0) is 5.56 Å². The quantitative estimate of drug-likeness (QED) is 0.662. The molecule has 0 aromatic heterocycles. The minimum absolute atomic E-state index is 0.173. The number of nitrogens with zero attached hydrogens (tertiary/aromatic N) is 1. The highest BCUT2D eigenvalue weighted by atomic mass is 32.2. The van der Waals surface area contributed by atoms with E-state index in [4.69, 9.17) is 13.9 Å². The smallest absolute Gasteiger partial charge is 0.174 e. The van der Waals surface area contributed by atoms with E-state index < -0.39 is 10.2 Å². The molecule has 12 heavy (non-hydrogen) atoms. The van der Waals surface area contributed by atoms with Crippen LogP contribution in [-0.4, -0.2) is 9.11 Å². The Hall–Kier alpha value is -0.910. The summed E-state index contributed by atoms with van der Waals surface area (Å²) in [6.07, 6.45) is 0. The van der Waals surface area contributed by atoms with Gasteiger partial charge in [0.2, 0.25) is 0 Å². The Kier molecular flexibility index (Phi) is 2.80. The molecule has 0 aliphatic rings. The van der Waals surface area contributed by atoms with Crippen LogP contribution in [-0.2, 0) is 16.7 Å². The van der Waals surface area contributed by atoms with Gasteiger partial charge in [-0.25, -0.2) is 9.14 Å². The fourth-order valence-corrected chi connectivity index (χ4v) is 1.08. The van der Waals surface area contributed by atoms with E-state index in [0.29, 0.717) is 0 Å². The second kappa shape index (κ2) is 3.66. The highest BCUT2D eigenvalue weighted by Crippen LogP contribution is 2.01. The summed E-state index contributed by atoms with van der Waals surface area (Å²) < 4.78 is 27.3. The molecule has 0 radical (unpaired) electrons. The number of nitrogens with one attached hydrogen (secondary N) is 1. The van der Waals surface area contributed by atoms with Crippen molar-refractivity contribution in [2.45, 2.75) is 6.54 Å². The Morgan fingerprint density at radius 1 is 1.25 bits per heavy atom. The zero-order chi connectivity index (χ0) is 9.03. The Labute approximate surface area is 71.5 Å². The van der Waals surface area contributed by atoms with Crippen molar-refractivity contribution >= 4 is 10.2 Å². The molecule has 0 fully saturated rings. The third kappa shape index (κ3) is 3.47. The van der Waals surface area contributed by atoms with Gasteiger partial charge in [0.05, 0.1) is 6.54 Å². The molecule has 3 N–H and O–H groups in total. The van der Waals surface area contributed by atoms with Crippen molar-refractivity contribution < 1.29 is 9.11 Å². The van der Waals surface area contributed by atoms with Crippen molar-refractivity contribution in [2.24, 2.45) is 4.36 Å². The summed E-state index contributed by atoms with van der Waals surface area (Å²) in [5.74, 6) is 0. The van der Waals surface area contributed by atoms with Crippen molar-refractivity contribution in [1.29, 1.82) is 4.78 Å². The maximum atomic E-state index is 8.62. The summed E-state index contributed by atoms with van der Waals surface area (Å²) in [4.78, 5) is 0. The Bertz CT molecular complexity index is 347. The molecule has 0 heterocycles. The lowest BCUT2D eigenvalue weighted by molar-refractivity contribution is 0.497. The Balaban J connectivity index is 2.74. The van der Waals surface area contributed by atoms with E-state index in [1.54, 1.807) is 0 Å². The van der Waals surface area contributed by atoms with Gasteiger partial charge in [0, 0.05) is 0 Å². The van der Waals surface area contributed by atoms with E-state index in [1.165, 1.54) is 0 Å². The van der Waals surface area contributed by atoms with Crippen LogP contribution in [0.25, 0.3) is 0 Å². The van der Waals surface area contributed by atoms with E-state index in [-0.39, 0.29) is 6.54 Å². The van der Waals surface area contributed by atoms with Gasteiger partial charge in [0.1, 0.15) is 0 Å². The molecule has 0 bridgehead atoms. The fraction of sp³-hybridized carbons (Fsp3) is 0.143. The molecule has 0 saturated carbocycles. The van der Waals surface area contributed by atoms with Gasteiger partial charge in [0.25, 0.3) is 0 Å². The molecule has 66 valence electrons. The van der Waals surface area contributed by atoms with Crippen LogP contribution in [0.4, 0.5) is 0 Å². The van der Waals surface area contributed by atoms with E-state index in [2.05, 4.69) is 4.36 Å². The predicted molar refractivity (Wildman–Crippen MR) is 47.9 cm³/mol. The zero-order valence-electron chi connectivity index (χ0n) is 6.34. The molecular weight excluding hydrogens is 176 g/mol. The van der Waals surface area contributed by atoms with Gasteiger partial charge in [-0.3, -0.25) is 9.11 Å². The van der Waals surface area contributed by atoms with Crippen molar-refractivity contribution in [3.8, 4) is 0 Å². The van der Waals surface area contributed by atoms with Crippen molar-refractivity contribution in [3.63, 3.8) is 0 Å². The van der Waals surface area contributed by atoms with Crippen LogP contribution in [0.1, 0.15) is 5.56 Å². The van der Waals surface area contributed by atoms with E-state index in [1.807, 2.05) is 30.3 Å². The SMILES string of the molecule is N=S(O)(O)=NCc1ccccc1. The number of rotatable bonds is 2. The first kappa shape index (κ1) is 9.18.